The zero-order chi connectivity index (χ0) is 36.4. The number of rotatable bonds is 0. The summed E-state index contributed by atoms with van der Waals surface area (Å²) >= 11 is 0. The molecule has 0 amide bonds. The van der Waals surface area contributed by atoms with E-state index in [4.69, 9.17) is 18.9 Å². The van der Waals surface area contributed by atoms with Crippen molar-refractivity contribution in [3.8, 4) is 23.0 Å². The van der Waals surface area contributed by atoms with Crippen molar-refractivity contribution in [1.29, 1.82) is 0 Å². The summed E-state index contributed by atoms with van der Waals surface area (Å²) < 4.78 is 24.4. The molecule has 1 heterocycles. The third-order valence-electron chi connectivity index (χ3n) is 9.15. The molecule has 0 saturated heterocycles. The van der Waals surface area contributed by atoms with E-state index >= 15 is 0 Å². The quantitative estimate of drug-likeness (QED) is 0.145. The van der Waals surface area contributed by atoms with Gasteiger partial charge in [-0.2, -0.15) is 0 Å². The lowest BCUT2D eigenvalue weighted by Crippen LogP contribution is -2.14. The highest BCUT2D eigenvalue weighted by Gasteiger charge is 2.22. The van der Waals surface area contributed by atoms with Crippen LogP contribution in [0.5, 0.6) is 23.0 Å². The number of hydrogen-bond acceptors (Lipinski definition) is 8. The fraction of sp³-hybridized carbons (Fsp3) is 0.429. The van der Waals surface area contributed by atoms with Crippen LogP contribution in [0, 0.1) is 13.8 Å². The van der Waals surface area contributed by atoms with Crippen molar-refractivity contribution in [3.05, 3.63) is 115 Å². The van der Waals surface area contributed by atoms with E-state index in [0.29, 0.717) is 44.5 Å². The first kappa shape index (κ1) is 37.2. The lowest BCUT2D eigenvalue weighted by atomic mass is 9.84. The molecule has 0 saturated carbocycles. The lowest BCUT2D eigenvalue weighted by Gasteiger charge is -2.24. The second kappa shape index (κ2) is 15.0. The summed E-state index contributed by atoms with van der Waals surface area (Å²) in [4.78, 5) is 0. The Labute approximate surface area is 296 Å². The highest BCUT2D eigenvalue weighted by atomic mass is 16.5. The van der Waals surface area contributed by atoms with Crippen molar-refractivity contribution in [2.24, 2.45) is 0 Å². The van der Waals surface area contributed by atoms with Gasteiger partial charge in [0.1, 0.15) is 23.0 Å². The molecule has 0 radical (unpaired) electrons. The minimum Gasteiger partial charge on any atom is -0.507 e. The predicted octanol–water partition coefficient (Wildman–Crippen LogP) is 8.90. The molecule has 0 spiro atoms. The molecule has 1 aliphatic rings. The summed E-state index contributed by atoms with van der Waals surface area (Å²) in [7, 11) is 0. The Balaban J connectivity index is 1.52. The number of aryl methyl sites for hydroxylation is 2. The molecule has 0 aromatic heterocycles. The highest BCUT2D eigenvalue weighted by Crippen LogP contribution is 2.36. The van der Waals surface area contributed by atoms with Gasteiger partial charge in [0.15, 0.2) is 0 Å². The molecule has 8 nitrogen and oxygen atoms in total. The molecule has 4 aromatic carbocycles. The molecular formula is C42H52O8. The van der Waals surface area contributed by atoms with E-state index in [1.54, 1.807) is 0 Å². The van der Waals surface area contributed by atoms with Gasteiger partial charge in [-0.05, 0) is 60.1 Å². The summed E-state index contributed by atoms with van der Waals surface area (Å²) in [5.41, 5.74) is 8.47. The zero-order valence-corrected chi connectivity index (χ0v) is 30.7. The fourth-order valence-electron chi connectivity index (χ4n) is 6.22. The molecule has 4 aromatic rings. The van der Waals surface area contributed by atoms with Crippen molar-refractivity contribution < 1.29 is 39.4 Å². The number of aromatic hydroxyl groups is 4. The van der Waals surface area contributed by atoms with Crippen LogP contribution in [0.2, 0.25) is 0 Å². The van der Waals surface area contributed by atoms with Crippen molar-refractivity contribution in [2.75, 3.05) is 0 Å². The maximum Gasteiger partial charge on any atom is 0.126 e. The van der Waals surface area contributed by atoms with E-state index < -0.39 is 0 Å². The third-order valence-corrected chi connectivity index (χ3v) is 9.15. The van der Waals surface area contributed by atoms with Gasteiger partial charge < -0.3 is 39.4 Å². The van der Waals surface area contributed by atoms with Crippen molar-refractivity contribution in [3.63, 3.8) is 0 Å². The van der Waals surface area contributed by atoms with Crippen LogP contribution in [-0.2, 0) is 82.6 Å². The van der Waals surface area contributed by atoms with E-state index in [1.807, 2.05) is 62.4 Å². The van der Waals surface area contributed by atoms with E-state index in [-0.39, 0.29) is 86.7 Å². The van der Waals surface area contributed by atoms with Gasteiger partial charge in [0.2, 0.25) is 0 Å². The number of ether oxygens (including phenoxy) is 4. The van der Waals surface area contributed by atoms with Crippen LogP contribution in [-0.4, -0.2) is 20.4 Å². The van der Waals surface area contributed by atoms with Gasteiger partial charge in [0, 0.05) is 44.5 Å². The molecule has 0 fully saturated rings. The largest absolute Gasteiger partial charge is 0.507 e. The monoisotopic (exact) mass is 684 g/mol. The van der Waals surface area contributed by atoms with Crippen molar-refractivity contribution in [2.45, 2.75) is 119 Å². The van der Waals surface area contributed by atoms with Gasteiger partial charge in [-0.1, -0.05) is 76.9 Å². The number of phenolic OH excluding ortho intramolecular Hbond substituents is 4. The van der Waals surface area contributed by atoms with Crippen LogP contribution in [0.4, 0.5) is 0 Å². The van der Waals surface area contributed by atoms with Crippen LogP contribution < -0.4 is 0 Å². The van der Waals surface area contributed by atoms with Gasteiger partial charge in [-0.3, -0.25) is 0 Å². The second-order valence-corrected chi connectivity index (χ2v) is 15.6. The van der Waals surface area contributed by atoms with E-state index in [2.05, 4.69) is 41.5 Å². The van der Waals surface area contributed by atoms with Gasteiger partial charge in [0.05, 0.1) is 52.9 Å². The Bertz CT molecular complexity index is 1710. The van der Waals surface area contributed by atoms with Crippen LogP contribution in [0.25, 0.3) is 0 Å². The van der Waals surface area contributed by atoms with Crippen molar-refractivity contribution in [1.82, 2.24) is 0 Å². The average molecular weight is 685 g/mol. The third kappa shape index (κ3) is 8.79. The molecule has 8 bridgehead atoms. The van der Waals surface area contributed by atoms with Crippen molar-refractivity contribution >= 4 is 0 Å². The number of fused-ring (bicyclic) bond motifs is 8. The van der Waals surface area contributed by atoms with Gasteiger partial charge in [0.25, 0.3) is 0 Å². The SMILES string of the molecule is Cc1cc2c(O)c(c1)COCc1cc(C(C)(C)C)cc(c1O)COCc1cc(C(C)(C)C)cc(c1O)COCc1cc(C)cc(c1O)COC2. The van der Waals surface area contributed by atoms with Crippen LogP contribution in [0.15, 0.2) is 48.5 Å². The molecule has 8 heteroatoms. The van der Waals surface area contributed by atoms with Crippen LogP contribution in [0.3, 0.4) is 0 Å². The summed E-state index contributed by atoms with van der Waals surface area (Å²) in [5.74, 6) is 0.378. The normalized spacial score (nSPS) is 15.4. The first-order valence-corrected chi connectivity index (χ1v) is 17.2. The first-order valence-electron chi connectivity index (χ1n) is 17.2. The number of phenols is 4. The molecule has 0 atom stereocenters. The summed E-state index contributed by atoms with van der Waals surface area (Å²) in [6, 6.07) is 15.3. The van der Waals surface area contributed by atoms with Gasteiger partial charge in [-0.15, -0.1) is 0 Å². The summed E-state index contributed by atoms with van der Waals surface area (Å²) in [5, 5.41) is 45.0. The topological polar surface area (TPSA) is 118 Å². The molecule has 1 aliphatic heterocycles. The average Bonchev–Trinajstić information content (AvgIpc) is 3.02. The molecule has 0 aliphatic carbocycles. The maximum absolute atomic E-state index is 11.4. The first-order chi connectivity index (χ1) is 23.5. The Kier molecular flexibility index (Phi) is 11.2. The Morgan fingerprint density at radius 3 is 0.720 bits per heavy atom. The molecule has 268 valence electrons. The summed E-state index contributed by atoms with van der Waals surface area (Å²) in [6.07, 6.45) is 0. The second-order valence-electron chi connectivity index (χ2n) is 15.6. The fourth-order valence-corrected chi connectivity index (χ4v) is 6.22. The van der Waals surface area contributed by atoms with E-state index in [1.165, 1.54) is 0 Å². The van der Waals surface area contributed by atoms with Gasteiger partial charge in [-0.25, -0.2) is 0 Å². The molecular weight excluding hydrogens is 632 g/mol. The Morgan fingerprint density at radius 2 is 0.540 bits per heavy atom. The minimum atomic E-state index is -0.201. The summed E-state index contributed by atoms with van der Waals surface area (Å²) in [6.45, 7) is 17.5. The maximum atomic E-state index is 11.4. The minimum absolute atomic E-state index is 0.0930. The van der Waals surface area contributed by atoms with Crippen LogP contribution >= 0.6 is 0 Å². The molecule has 5 rings (SSSR count). The van der Waals surface area contributed by atoms with E-state index in [0.717, 1.165) is 22.3 Å². The molecule has 50 heavy (non-hydrogen) atoms. The highest BCUT2D eigenvalue weighted by molar-refractivity contribution is 5.48. The Morgan fingerprint density at radius 1 is 0.360 bits per heavy atom. The standard InChI is InChI=1S/C42H52O8/c1-25-9-27-17-47-18-28-10-26(2)12-30(38(28)44)20-49-22-32-14-36(42(6,7)8)16-34(40(32)46)24-50-23-33-15-35(41(3,4)5)13-31(39(33)45)21-48-19-29(11-25)37(27)43/h9-16,43-46H,17-24H2,1-8H3. The number of hydrogen-bond donors (Lipinski definition) is 4. The zero-order valence-electron chi connectivity index (χ0n) is 30.7. The van der Waals surface area contributed by atoms with E-state index in [9.17, 15) is 20.4 Å². The van der Waals surface area contributed by atoms with Gasteiger partial charge >= 0.3 is 0 Å². The lowest BCUT2D eigenvalue weighted by molar-refractivity contribution is 0.0930. The van der Waals surface area contributed by atoms with Crippen LogP contribution in [0.1, 0.15) is 108 Å². The Hall–Kier alpha value is -4.08. The molecule has 0 unspecified atom stereocenters. The predicted molar refractivity (Wildman–Crippen MR) is 193 cm³/mol. The molecule has 4 N–H and O–H groups in total. The smallest absolute Gasteiger partial charge is 0.126 e. The number of benzene rings is 4.